The van der Waals surface area contributed by atoms with Crippen LogP contribution in [0.2, 0.25) is 0 Å². The summed E-state index contributed by atoms with van der Waals surface area (Å²) in [6, 6.07) is 0.323. The van der Waals surface area contributed by atoms with Gasteiger partial charge >= 0.3 is 0 Å². The second-order valence-electron chi connectivity index (χ2n) is 7.27. The average Bonchev–Trinajstić information content (AvgIpc) is 3.26. The molecule has 0 unspecified atom stereocenters. The standard InChI is InChI=1S/C18H31N5O/c1-15(17-13-20-21(2)14-17)19-7-8-22-9-11-23(12-10-22)18(24)16-5-3-4-6-16/h13-16,19H,3-12H2,1-2H3/t15-/m0/s1. The van der Waals surface area contributed by atoms with Crippen molar-refractivity contribution < 1.29 is 4.79 Å². The van der Waals surface area contributed by atoms with Crippen LogP contribution in [0.15, 0.2) is 12.4 Å². The first-order chi connectivity index (χ1) is 11.6. The Kier molecular flexibility index (Phi) is 5.89. The van der Waals surface area contributed by atoms with E-state index in [0.717, 1.165) is 52.1 Å². The van der Waals surface area contributed by atoms with E-state index < -0.39 is 0 Å². The van der Waals surface area contributed by atoms with Crippen molar-refractivity contribution in [2.24, 2.45) is 13.0 Å². The maximum Gasteiger partial charge on any atom is 0.225 e. The summed E-state index contributed by atoms with van der Waals surface area (Å²) in [7, 11) is 1.95. The Morgan fingerprint density at radius 3 is 2.62 bits per heavy atom. The molecule has 1 N–H and O–H groups in total. The second-order valence-corrected chi connectivity index (χ2v) is 7.27. The fraction of sp³-hybridized carbons (Fsp3) is 0.778. The number of aromatic nitrogens is 2. The van der Waals surface area contributed by atoms with Crippen molar-refractivity contribution >= 4 is 5.91 Å². The third-order valence-corrected chi connectivity index (χ3v) is 5.49. The first kappa shape index (κ1) is 17.4. The number of aryl methyl sites for hydroxylation is 1. The number of nitrogens with zero attached hydrogens (tertiary/aromatic N) is 4. The van der Waals surface area contributed by atoms with Crippen molar-refractivity contribution in [2.75, 3.05) is 39.3 Å². The van der Waals surface area contributed by atoms with Crippen LogP contribution < -0.4 is 5.32 Å². The van der Waals surface area contributed by atoms with Crippen LogP contribution >= 0.6 is 0 Å². The summed E-state index contributed by atoms with van der Waals surface area (Å²) >= 11 is 0. The molecule has 1 amide bonds. The van der Waals surface area contributed by atoms with Gasteiger partial charge in [-0.15, -0.1) is 0 Å². The maximum absolute atomic E-state index is 12.5. The number of rotatable bonds is 6. The van der Waals surface area contributed by atoms with Gasteiger partial charge in [-0.3, -0.25) is 14.4 Å². The molecule has 1 aliphatic heterocycles. The van der Waals surface area contributed by atoms with Crippen LogP contribution in [0.1, 0.15) is 44.2 Å². The molecule has 24 heavy (non-hydrogen) atoms. The first-order valence-corrected chi connectivity index (χ1v) is 9.36. The largest absolute Gasteiger partial charge is 0.340 e. The molecule has 0 radical (unpaired) electrons. The van der Waals surface area contributed by atoms with E-state index in [0.29, 0.717) is 17.9 Å². The highest BCUT2D eigenvalue weighted by Crippen LogP contribution is 2.26. The molecule has 2 aliphatic rings. The Labute approximate surface area is 145 Å². The Morgan fingerprint density at radius 1 is 1.29 bits per heavy atom. The molecular weight excluding hydrogens is 302 g/mol. The Bertz CT molecular complexity index is 529. The molecule has 2 heterocycles. The number of amides is 1. The molecule has 0 aromatic carbocycles. The van der Waals surface area contributed by atoms with Crippen LogP contribution in [-0.2, 0) is 11.8 Å². The minimum Gasteiger partial charge on any atom is -0.340 e. The van der Waals surface area contributed by atoms with Crippen LogP contribution in [0, 0.1) is 5.92 Å². The molecule has 6 nitrogen and oxygen atoms in total. The summed E-state index contributed by atoms with van der Waals surface area (Å²) in [6.45, 7) is 7.97. The summed E-state index contributed by atoms with van der Waals surface area (Å²) in [5.74, 6) is 0.731. The molecule has 134 valence electrons. The van der Waals surface area contributed by atoms with E-state index in [1.807, 2.05) is 17.9 Å². The minimum atomic E-state index is 0.318. The molecule has 0 bridgehead atoms. The molecule has 1 saturated heterocycles. The van der Waals surface area contributed by atoms with Gasteiger partial charge in [-0.2, -0.15) is 5.10 Å². The van der Waals surface area contributed by atoms with Crippen molar-refractivity contribution in [1.82, 2.24) is 24.9 Å². The minimum absolute atomic E-state index is 0.318. The zero-order valence-corrected chi connectivity index (χ0v) is 15.1. The van der Waals surface area contributed by atoms with Gasteiger partial charge in [-0.25, -0.2) is 0 Å². The quantitative estimate of drug-likeness (QED) is 0.855. The summed E-state index contributed by atoms with van der Waals surface area (Å²) in [4.78, 5) is 17.0. The fourth-order valence-corrected chi connectivity index (χ4v) is 3.84. The van der Waals surface area contributed by atoms with Gasteiger partial charge in [0.05, 0.1) is 6.20 Å². The Balaban J connectivity index is 1.34. The highest BCUT2D eigenvalue weighted by molar-refractivity contribution is 5.79. The van der Waals surface area contributed by atoms with Crippen LogP contribution in [0.5, 0.6) is 0 Å². The molecule has 1 atom stereocenters. The third kappa shape index (κ3) is 4.36. The maximum atomic E-state index is 12.5. The van der Waals surface area contributed by atoms with Crippen molar-refractivity contribution in [3.05, 3.63) is 18.0 Å². The Morgan fingerprint density at radius 2 is 2.00 bits per heavy atom. The average molecular weight is 333 g/mol. The normalized spacial score (nSPS) is 21.3. The lowest BCUT2D eigenvalue weighted by atomic mass is 10.1. The van der Waals surface area contributed by atoms with Crippen molar-refractivity contribution in [2.45, 2.75) is 38.6 Å². The molecule has 1 aromatic rings. The van der Waals surface area contributed by atoms with Crippen LogP contribution in [-0.4, -0.2) is 64.8 Å². The number of hydrogen-bond acceptors (Lipinski definition) is 4. The van der Waals surface area contributed by atoms with E-state index in [4.69, 9.17) is 0 Å². The molecule has 1 saturated carbocycles. The topological polar surface area (TPSA) is 53.4 Å². The number of carbonyl (C=O) groups excluding carboxylic acids is 1. The lowest BCUT2D eigenvalue weighted by Gasteiger charge is -2.36. The zero-order chi connectivity index (χ0) is 16.9. The highest BCUT2D eigenvalue weighted by atomic mass is 16.2. The van der Waals surface area contributed by atoms with Gasteiger partial charge in [-0.05, 0) is 19.8 Å². The molecule has 2 fully saturated rings. The molecule has 1 aliphatic carbocycles. The predicted octanol–water partition coefficient (Wildman–Crippen LogP) is 1.41. The summed E-state index contributed by atoms with van der Waals surface area (Å²) in [5, 5.41) is 7.78. The van der Waals surface area contributed by atoms with Gasteiger partial charge in [0, 0.05) is 70.0 Å². The molecular formula is C18H31N5O. The smallest absolute Gasteiger partial charge is 0.225 e. The van der Waals surface area contributed by atoms with E-state index in [9.17, 15) is 4.79 Å². The molecule has 0 spiro atoms. The fourth-order valence-electron chi connectivity index (χ4n) is 3.84. The van der Waals surface area contributed by atoms with E-state index in [1.54, 1.807) is 0 Å². The molecule has 1 aromatic heterocycles. The third-order valence-electron chi connectivity index (χ3n) is 5.49. The summed E-state index contributed by atoms with van der Waals surface area (Å²) < 4.78 is 1.84. The summed E-state index contributed by atoms with van der Waals surface area (Å²) in [5.41, 5.74) is 1.23. The van der Waals surface area contributed by atoms with Gasteiger partial charge in [-0.1, -0.05) is 12.8 Å². The SMILES string of the molecule is C[C@H](NCCN1CCN(C(=O)C2CCCC2)CC1)c1cnn(C)c1. The lowest BCUT2D eigenvalue weighted by Crippen LogP contribution is -2.51. The van der Waals surface area contributed by atoms with Crippen LogP contribution in [0.25, 0.3) is 0 Å². The second kappa shape index (κ2) is 8.12. The Hall–Kier alpha value is -1.40. The lowest BCUT2D eigenvalue weighted by molar-refractivity contribution is -0.137. The van der Waals surface area contributed by atoms with Gasteiger partial charge in [0.15, 0.2) is 0 Å². The van der Waals surface area contributed by atoms with Gasteiger partial charge < -0.3 is 10.2 Å². The van der Waals surface area contributed by atoms with Gasteiger partial charge in [0.2, 0.25) is 5.91 Å². The van der Waals surface area contributed by atoms with E-state index >= 15 is 0 Å². The predicted molar refractivity (Wildman–Crippen MR) is 94.6 cm³/mol. The van der Waals surface area contributed by atoms with Crippen LogP contribution in [0.4, 0.5) is 0 Å². The van der Waals surface area contributed by atoms with Gasteiger partial charge in [0.25, 0.3) is 0 Å². The first-order valence-electron chi connectivity index (χ1n) is 9.36. The zero-order valence-electron chi connectivity index (χ0n) is 15.1. The highest BCUT2D eigenvalue weighted by Gasteiger charge is 2.29. The molecule has 6 heteroatoms. The van der Waals surface area contributed by atoms with E-state index in [2.05, 4.69) is 33.3 Å². The van der Waals surface area contributed by atoms with Crippen LogP contribution in [0.3, 0.4) is 0 Å². The van der Waals surface area contributed by atoms with E-state index in [1.165, 1.54) is 18.4 Å². The van der Waals surface area contributed by atoms with Crippen molar-refractivity contribution in [3.8, 4) is 0 Å². The number of hydrogen-bond donors (Lipinski definition) is 1. The number of carbonyl (C=O) groups is 1. The summed E-state index contributed by atoms with van der Waals surface area (Å²) in [6.07, 6.45) is 8.66. The number of nitrogens with one attached hydrogen (secondary N) is 1. The molecule has 3 rings (SSSR count). The van der Waals surface area contributed by atoms with Crippen molar-refractivity contribution in [1.29, 1.82) is 0 Å². The van der Waals surface area contributed by atoms with E-state index in [-0.39, 0.29) is 0 Å². The van der Waals surface area contributed by atoms with Gasteiger partial charge in [0.1, 0.15) is 0 Å². The monoisotopic (exact) mass is 333 g/mol. The van der Waals surface area contributed by atoms with Crippen molar-refractivity contribution in [3.63, 3.8) is 0 Å². The number of piperazine rings is 1.